The average Bonchev–Trinajstić information content (AvgIpc) is 4.13. The van der Waals surface area contributed by atoms with Gasteiger partial charge >= 0.3 is 0 Å². The maximum atomic E-state index is 11.9. The van der Waals surface area contributed by atoms with Crippen molar-refractivity contribution in [3.8, 4) is 61.8 Å². The molecule has 0 radical (unpaired) electrons. The molecular weight excluding hydrogens is 783 g/mol. The first-order valence-electron chi connectivity index (χ1n) is 18.2. The first-order chi connectivity index (χ1) is 29.7. The minimum absolute atomic E-state index is 0.162. The zero-order chi connectivity index (χ0) is 42.4. The number of phenols is 3. The van der Waals surface area contributed by atoms with Crippen molar-refractivity contribution in [3.05, 3.63) is 144 Å². The molecule has 17 nitrogen and oxygen atoms in total. The van der Waals surface area contributed by atoms with Crippen LogP contribution in [0, 0.1) is 24.5 Å². The lowest BCUT2D eigenvalue weighted by molar-refractivity contribution is 0.404. The zero-order valence-corrected chi connectivity index (χ0v) is 31.1. The second kappa shape index (κ2) is 15.0. The summed E-state index contributed by atoms with van der Waals surface area (Å²) in [6, 6.07) is 24.6. The number of hydrogen-bond acceptors (Lipinski definition) is 15. The van der Waals surface area contributed by atoms with E-state index in [1.807, 2.05) is 0 Å². The molecule has 0 atom stereocenters. The molecule has 0 fully saturated rings. The molecule has 9 rings (SSSR count). The fourth-order valence-corrected chi connectivity index (χ4v) is 7.51. The number of phenolic OH excluding ortho intramolecular Hbond substituents is 3. The number of H-pyrrole nitrogens is 2. The highest BCUT2D eigenvalue weighted by Crippen LogP contribution is 2.43. The van der Waals surface area contributed by atoms with Crippen LogP contribution in [0.3, 0.4) is 0 Å². The second-order valence-electron chi connectivity index (χ2n) is 13.8. The lowest BCUT2D eigenvalue weighted by Crippen LogP contribution is -1.90. The zero-order valence-electron chi connectivity index (χ0n) is 31.1. The third kappa shape index (κ3) is 6.49. The molecule has 0 saturated heterocycles. The fraction of sp³-hybridized carbons (Fsp3) is 0. The SMILES string of the molecule is O=Nc1cc(-c2c3nc(c(-c4ccc(O)c(O)c4)c4ccc([nH]4)c(-c4ccc(N=O)c(N=O)c4)c4nc(c(-c5ccc(N=O)c(N=O)c5)c5ccc2[nH]5)C=C4)C=C3)ccc1O. The molecule has 8 bridgehead atoms. The molecule has 7 aromatic rings. The lowest BCUT2D eigenvalue weighted by atomic mass is 10.0. The van der Waals surface area contributed by atoms with E-state index in [0.29, 0.717) is 89.4 Å². The number of benzene rings is 4. The highest BCUT2D eigenvalue weighted by atomic mass is 16.3. The van der Waals surface area contributed by atoms with Gasteiger partial charge in [0.05, 0.1) is 22.8 Å². The van der Waals surface area contributed by atoms with Crippen molar-refractivity contribution in [2.24, 2.45) is 25.9 Å². The van der Waals surface area contributed by atoms with Gasteiger partial charge in [-0.3, -0.25) is 0 Å². The van der Waals surface area contributed by atoms with Crippen molar-refractivity contribution >= 4 is 74.8 Å². The van der Waals surface area contributed by atoms with Crippen LogP contribution < -0.4 is 0 Å². The van der Waals surface area contributed by atoms with E-state index in [2.05, 4.69) is 35.9 Å². The van der Waals surface area contributed by atoms with Crippen LogP contribution >= 0.6 is 0 Å². The highest BCUT2D eigenvalue weighted by Gasteiger charge is 2.21. The number of nitrogens with zero attached hydrogens (tertiary/aromatic N) is 7. The van der Waals surface area contributed by atoms with E-state index in [1.165, 1.54) is 48.5 Å². The standard InChI is InChI=1S/C44H25N9O8/c54-38-15-3-23(19-37(38)53-61)43-31-10-9-29(46-31)41(21-1-5-25(49-57)35(17-21)51-59)27-7-8-28(45-27)42(22-2-6-26(50-58)36(18-22)52-60)30-11-13-33(47-30)44(34-14-12-32(43)48-34)24-4-16-39(55)40(56)20-24/h1-20,46-47,54-56H. The van der Waals surface area contributed by atoms with Gasteiger partial charge in [-0.05, 0) is 145 Å². The summed E-state index contributed by atoms with van der Waals surface area (Å²) in [5.74, 6) is -1.04. The van der Waals surface area contributed by atoms with E-state index in [4.69, 9.17) is 9.97 Å². The molecule has 61 heavy (non-hydrogen) atoms. The van der Waals surface area contributed by atoms with Gasteiger partial charge in [-0.1, -0.05) is 24.3 Å². The number of fused-ring (bicyclic) bond motifs is 8. The van der Waals surface area contributed by atoms with E-state index in [0.717, 1.165) is 0 Å². The molecule has 0 spiro atoms. The molecule has 294 valence electrons. The van der Waals surface area contributed by atoms with Gasteiger partial charge in [0, 0.05) is 44.3 Å². The molecule has 4 aromatic carbocycles. The first kappa shape index (κ1) is 37.5. The van der Waals surface area contributed by atoms with Gasteiger partial charge in [-0.25, -0.2) is 9.97 Å². The van der Waals surface area contributed by atoms with Gasteiger partial charge in [-0.2, -0.15) is 0 Å². The van der Waals surface area contributed by atoms with Crippen molar-refractivity contribution in [2.45, 2.75) is 0 Å². The number of nitrogens with one attached hydrogen (secondary N) is 2. The summed E-state index contributed by atoms with van der Waals surface area (Å²) in [5.41, 5.74) is 6.39. The predicted octanol–water partition coefficient (Wildman–Crippen LogP) is 12.4. The third-order valence-corrected chi connectivity index (χ3v) is 10.3. The lowest BCUT2D eigenvalue weighted by Gasteiger charge is -2.08. The second-order valence-corrected chi connectivity index (χ2v) is 13.8. The summed E-state index contributed by atoms with van der Waals surface area (Å²) >= 11 is 0. The Labute approximate surface area is 341 Å². The van der Waals surface area contributed by atoms with Gasteiger partial charge in [0.2, 0.25) is 0 Å². The van der Waals surface area contributed by atoms with Crippen LogP contribution in [-0.4, -0.2) is 35.3 Å². The van der Waals surface area contributed by atoms with Crippen molar-refractivity contribution in [1.82, 2.24) is 19.9 Å². The Bertz CT molecular complexity index is 3310. The van der Waals surface area contributed by atoms with Crippen LogP contribution in [0.4, 0.5) is 28.4 Å². The number of nitroso groups, excluding NO2 is 5. The Hall–Kier alpha value is -9.12. The molecular formula is C44H25N9O8. The average molecular weight is 808 g/mol. The number of aromatic nitrogens is 4. The quantitative estimate of drug-likeness (QED) is 0.0679. The van der Waals surface area contributed by atoms with Crippen LogP contribution in [0.5, 0.6) is 17.2 Å². The Morgan fingerprint density at radius 2 is 0.672 bits per heavy atom. The largest absolute Gasteiger partial charge is 0.506 e. The van der Waals surface area contributed by atoms with Gasteiger partial charge in [0.1, 0.15) is 34.2 Å². The van der Waals surface area contributed by atoms with Crippen LogP contribution in [0.25, 0.3) is 90.9 Å². The molecule has 0 saturated carbocycles. The van der Waals surface area contributed by atoms with Crippen LogP contribution in [0.2, 0.25) is 0 Å². The van der Waals surface area contributed by atoms with E-state index in [1.54, 1.807) is 72.8 Å². The van der Waals surface area contributed by atoms with Crippen molar-refractivity contribution < 1.29 is 15.3 Å². The maximum absolute atomic E-state index is 11.9. The molecule has 2 aliphatic rings. The molecule has 5 heterocycles. The van der Waals surface area contributed by atoms with E-state index in [-0.39, 0.29) is 45.7 Å². The smallest absolute Gasteiger partial charge is 0.158 e. The van der Waals surface area contributed by atoms with Crippen molar-refractivity contribution in [2.75, 3.05) is 0 Å². The minimum Gasteiger partial charge on any atom is -0.506 e. The number of aromatic hydroxyl groups is 3. The van der Waals surface area contributed by atoms with Gasteiger partial charge in [0.15, 0.2) is 11.5 Å². The summed E-state index contributed by atoms with van der Waals surface area (Å²) < 4.78 is 0. The van der Waals surface area contributed by atoms with E-state index < -0.39 is 0 Å². The monoisotopic (exact) mass is 807 g/mol. The molecule has 2 aliphatic heterocycles. The summed E-state index contributed by atoms with van der Waals surface area (Å²) in [6.07, 6.45) is 6.99. The summed E-state index contributed by atoms with van der Waals surface area (Å²) in [5, 5.41) is 46.2. The number of hydrogen-bond donors (Lipinski definition) is 5. The van der Waals surface area contributed by atoms with E-state index >= 15 is 0 Å². The van der Waals surface area contributed by atoms with Crippen molar-refractivity contribution in [3.63, 3.8) is 0 Å². The highest BCUT2D eigenvalue weighted by molar-refractivity contribution is 6.01. The Morgan fingerprint density at radius 1 is 0.344 bits per heavy atom. The summed E-state index contributed by atoms with van der Waals surface area (Å²) in [7, 11) is 0. The Morgan fingerprint density at radius 3 is 1.03 bits per heavy atom. The Kier molecular flexibility index (Phi) is 9.21. The fourth-order valence-electron chi connectivity index (χ4n) is 7.51. The van der Waals surface area contributed by atoms with Gasteiger partial charge < -0.3 is 25.3 Å². The molecule has 0 unspecified atom stereocenters. The van der Waals surface area contributed by atoms with Crippen LogP contribution in [0.15, 0.2) is 123 Å². The molecule has 17 heteroatoms. The topological polar surface area (TPSA) is 265 Å². The summed E-state index contributed by atoms with van der Waals surface area (Å²) in [4.78, 5) is 75.8. The minimum atomic E-state index is -0.376. The van der Waals surface area contributed by atoms with Crippen LogP contribution in [0.1, 0.15) is 22.8 Å². The van der Waals surface area contributed by atoms with Gasteiger partial charge in [0.25, 0.3) is 0 Å². The maximum Gasteiger partial charge on any atom is 0.158 e. The molecule has 3 aromatic heterocycles. The molecule has 0 amide bonds. The molecule has 5 N–H and O–H groups in total. The number of rotatable bonds is 9. The van der Waals surface area contributed by atoms with Gasteiger partial charge in [-0.15, -0.1) is 24.5 Å². The normalized spacial score (nSPS) is 11.7. The number of aromatic amines is 2. The predicted molar refractivity (Wildman–Crippen MR) is 233 cm³/mol. The first-order valence-corrected chi connectivity index (χ1v) is 18.2. The van der Waals surface area contributed by atoms with Crippen molar-refractivity contribution in [1.29, 1.82) is 0 Å². The molecule has 0 aliphatic carbocycles. The third-order valence-electron chi connectivity index (χ3n) is 10.3. The summed E-state index contributed by atoms with van der Waals surface area (Å²) in [6.45, 7) is 0. The van der Waals surface area contributed by atoms with Crippen LogP contribution in [-0.2, 0) is 0 Å². The Balaban J connectivity index is 1.49. The van der Waals surface area contributed by atoms with E-state index in [9.17, 15) is 39.9 Å².